The highest BCUT2D eigenvalue weighted by atomic mass is 35.5. The van der Waals surface area contributed by atoms with E-state index in [1.54, 1.807) is 18.2 Å². The van der Waals surface area contributed by atoms with Gasteiger partial charge in [0.1, 0.15) is 12.1 Å². The Labute approximate surface area is 229 Å². The molecule has 1 saturated carbocycles. The Morgan fingerprint density at radius 3 is 2.39 bits per heavy atom. The van der Waals surface area contributed by atoms with Crippen molar-refractivity contribution in [1.82, 2.24) is 15.1 Å². The van der Waals surface area contributed by atoms with Gasteiger partial charge >= 0.3 is 12.3 Å². The summed E-state index contributed by atoms with van der Waals surface area (Å²) in [5.41, 5.74) is -1.06. The summed E-state index contributed by atoms with van der Waals surface area (Å²) in [5, 5.41) is 3.81. The highest BCUT2D eigenvalue weighted by molar-refractivity contribution is 6.42. The summed E-state index contributed by atoms with van der Waals surface area (Å²) in [5.74, 6) is -1.09. The number of halogens is 5. The van der Waals surface area contributed by atoms with Crippen LogP contribution in [0.15, 0.2) is 18.2 Å². The minimum absolute atomic E-state index is 0.0961. The molecule has 3 fully saturated rings. The number of piperidine rings is 1. The van der Waals surface area contributed by atoms with Crippen molar-refractivity contribution >= 4 is 41.0 Å². The third-order valence-electron chi connectivity index (χ3n) is 8.24. The zero-order chi connectivity index (χ0) is 27.9. The lowest BCUT2D eigenvalue weighted by atomic mass is 9.72. The Hall–Kier alpha value is -2.04. The largest absolute Gasteiger partial charge is 0.449 e. The van der Waals surface area contributed by atoms with E-state index < -0.39 is 42.7 Å². The summed E-state index contributed by atoms with van der Waals surface area (Å²) in [7, 11) is 1.39. The Morgan fingerprint density at radius 2 is 1.82 bits per heavy atom. The van der Waals surface area contributed by atoms with Crippen LogP contribution in [0.4, 0.5) is 18.0 Å². The number of hydrogen-bond donors (Lipinski definition) is 1. The van der Waals surface area contributed by atoms with Crippen LogP contribution in [-0.2, 0) is 14.3 Å². The zero-order valence-electron chi connectivity index (χ0n) is 21.4. The fourth-order valence-corrected chi connectivity index (χ4v) is 5.90. The molecule has 1 aliphatic carbocycles. The fourth-order valence-electron chi connectivity index (χ4n) is 5.59. The lowest BCUT2D eigenvalue weighted by Crippen LogP contribution is -2.62. The molecule has 38 heavy (non-hydrogen) atoms. The van der Waals surface area contributed by atoms with Gasteiger partial charge in [-0.1, -0.05) is 36.2 Å². The van der Waals surface area contributed by atoms with Gasteiger partial charge < -0.3 is 15.0 Å². The maximum absolute atomic E-state index is 14.3. The molecule has 2 amide bonds. The molecular formula is C26H32Cl2F3N3O4. The van der Waals surface area contributed by atoms with E-state index in [2.05, 4.69) is 5.32 Å². The van der Waals surface area contributed by atoms with Gasteiger partial charge in [-0.25, -0.2) is 4.79 Å². The predicted molar refractivity (Wildman–Crippen MR) is 136 cm³/mol. The number of nitrogens with one attached hydrogen (secondary N) is 1. The van der Waals surface area contributed by atoms with Gasteiger partial charge in [-0.2, -0.15) is 13.2 Å². The van der Waals surface area contributed by atoms with Gasteiger partial charge in [-0.3, -0.25) is 14.5 Å². The van der Waals surface area contributed by atoms with E-state index in [1.165, 1.54) is 7.05 Å². The monoisotopic (exact) mass is 577 g/mol. The summed E-state index contributed by atoms with van der Waals surface area (Å²) < 4.78 is 42.9. The Balaban J connectivity index is 1.59. The van der Waals surface area contributed by atoms with Gasteiger partial charge in [0, 0.05) is 50.5 Å². The first-order chi connectivity index (χ1) is 17.8. The summed E-state index contributed by atoms with van der Waals surface area (Å²) in [6, 6.07) is 4.98. The Morgan fingerprint density at radius 1 is 1.16 bits per heavy atom. The molecular weight excluding hydrogens is 546 g/mol. The molecule has 210 valence electrons. The van der Waals surface area contributed by atoms with Crippen LogP contribution in [-0.4, -0.2) is 79.1 Å². The van der Waals surface area contributed by atoms with E-state index in [9.17, 15) is 27.6 Å². The minimum Gasteiger partial charge on any atom is -0.449 e. The van der Waals surface area contributed by atoms with Gasteiger partial charge in [-0.15, -0.1) is 0 Å². The Bertz CT molecular complexity index is 1090. The molecule has 0 unspecified atom stereocenters. The molecule has 1 aromatic carbocycles. The van der Waals surface area contributed by atoms with E-state index >= 15 is 0 Å². The molecule has 2 atom stereocenters. The maximum atomic E-state index is 14.3. The molecule has 2 aliphatic heterocycles. The first-order valence-electron chi connectivity index (χ1n) is 12.8. The van der Waals surface area contributed by atoms with Gasteiger partial charge in [0.2, 0.25) is 5.91 Å². The van der Waals surface area contributed by atoms with E-state index in [-0.39, 0.29) is 28.7 Å². The number of likely N-dealkylation sites (N-methyl/N-ethyl adjacent to an activating group) is 1. The van der Waals surface area contributed by atoms with E-state index in [0.717, 1.165) is 17.7 Å². The molecule has 2 heterocycles. The van der Waals surface area contributed by atoms with Crippen molar-refractivity contribution < 1.29 is 32.3 Å². The predicted octanol–water partition coefficient (Wildman–Crippen LogP) is 5.05. The first kappa shape index (κ1) is 29.0. The normalized spacial score (nSPS) is 25.2. The number of nitrogens with zero attached hydrogens (tertiary/aromatic N) is 2. The van der Waals surface area contributed by atoms with Crippen molar-refractivity contribution in [3.05, 3.63) is 33.8 Å². The van der Waals surface area contributed by atoms with Gasteiger partial charge in [0.15, 0.2) is 5.78 Å². The molecule has 12 heteroatoms. The smallest absolute Gasteiger partial charge is 0.410 e. The van der Waals surface area contributed by atoms with Crippen LogP contribution >= 0.6 is 23.2 Å². The molecule has 0 spiro atoms. The molecule has 7 nitrogen and oxygen atoms in total. The number of hydrogen-bond acceptors (Lipinski definition) is 5. The third kappa shape index (κ3) is 5.77. The molecule has 3 aliphatic rings. The quantitative estimate of drug-likeness (QED) is 0.490. The van der Waals surface area contributed by atoms with Gasteiger partial charge in [-0.05, 0) is 43.4 Å². The number of likely N-dealkylation sites (tertiary alicyclic amines) is 1. The number of ketones is 1. The summed E-state index contributed by atoms with van der Waals surface area (Å²) in [6.45, 7) is 2.41. The highest BCUT2D eigenvalue weighted by Gasteiger charge is 2.57. The summed E-state index contributed by atoms with van der Waals surface area (Å²) >= 11 is 12.4. The van der Waals surface area contributed by atoms with Crippen molar-refractivity contribution in [2.45, 2.75) is 56.7 Å². The first-order valence-corrected chi connectivity index (χ1v) is 13.5. The van der Waals surface area contributed by atoms with Crippen LogP contribution in [0.3, 0.4) is 0 Å². The van der Waals surface area contributed by atoms with Crippen molar-refractivity contribution in [1.29, 1.82) is 0 Å². The minimum atomic E-state index is -4.48. The van der Waals surface area contributed by atoms with E-state index in [1.807, 2.05) is 11.8 Å². The molecule has 2 saturated heterocycles. The van der Waals surface area contributed by atoms with E-state index in [4.69, 9.17) is 27.9 Å². The molecule has 4 rings (SSSR count). The summed E-state index contributed by atoms with van der Waals surface area (Å²) in [4.78, 5) is 43.1. The molecule has 1 N–H and O–H groups in total. The number of carbonyl (C=O) groups excluding carboxylic acids is 3. The van der Waals surface area contributed by atoms with Crippen LogP contribution in [0.25, 0.3) is 0 Å². The van der Waals surface area contributed by atoms with Crippen LogP contribution in [0.5, 0.6) is 0 Å². The van der Waals surface area contributed by atoms with Gasteiger partial charge in [0.05, 0.1) is 16.5 Å². The number of rotatable bonds is 7. The zero-order valence-corrected chi connectivity index (χ0v) is 22.9. The van der Waals surface area contributed by atoms with Crippen LogP contribution in [0, 0.1) is 11.3 Å². The number of amides is 2. The third-order valence-corrected chi connectivity index (χ3v) is 8.98. The summed E-state index contributed by atoms with van der Waals surface area (Å²) in [6.07, 6.45) is -4.16. The standard InChI is InChI=1S/C26H32Cl2F3N3O4/c1-24(7-8-24)22(36)34-10-5-16(6-11-34)21(35)25(33(2)23(37)38-12-9-26(29,30)31)15-32-14-18(25)17-3-4-19(27)20(28)13-17/h3-4,13,16,18,32H,5-12,14-15H2,1-2H3/t18-,25+/m1/s1. The SMILES string of the molecule is CN(C(=O)OCCC(F)(F)F)[C@@]1(C(=O)C2CCN(C(=O)C3(C)CC3)CC2)CNC[C@@H]1c1ccc(Cl)c(Cl)c1. The number of alkyl halides is 3. The van der Waals surface area contributed by atoms with Crippen molar-refractivity contribution in [2.75, 3.05) is 39.8 Å². The maximum Gasteiger partial charge on any atom is 0.410 e. The number of benzene rings is 1. The van der Waals surface area contributed by atoms with Crippen molar-refractivity contribution in [2.24, 2.45) is 11.3 Å². The van der Waals surface area contributed by atoms with Crippen molar-refractivity contribution in [3.63, 3.8) is 0 Å². The highest BCUT2D eigenvalue weighted by Crippen LogP contribution is 2.47. The lowest BCUT2D eigenvalue weighted by molar-refractivity contribution is -0.144. The van der Waals surface area contributed by atoms with Crippen LogP contribution in [0.1, 0.15) is 50.5 Å². The Kier molecular flexibility index (Phi) is 8.27. The second kappa shape index (κ2) is 10.8. The second-order valence-corrected chi connectivity index (χ2v) is 11.6. The fraction of sp³-hybridized carbons (Fsp3) is 0.654. The number of Topliss-reactive ketones (excluding diaryl/α,β-unsaturated/α-hetero) is 1. The van der Waals surface area contributed by atoms with Crippen LogP contribution in [0.2, 0.25) is 10.0 Å². The topological polar surface area (TPSA) is 79.0 Å². The van der Waals surface area contributed by atoms with Crippen molar-refractivity contribution in [3.8, 4) is 0 Å². The number of ether oxygens (including phenoxy) is 1. The molecule has 0 radical (unpaired) electrons. The lowest BCUT2D eigenvalue weighted by Gasteiger charge is -2.44. The average Bonchev–Trinajstić information content (AvgIpc) is 3.47. The average molecular weight is 578 g/mol. The van der Waals surface area contributed by atoms with Crippen LogP contribution < -0.4 is 5.32 Å². The molecule has 0 aromatic heterocycles. The van der Waals surface area contributed by atoms with E-state index in [0.29, 0.717) is 43.1 Å². The molecule has 1 aromatic rings. The number of carbonyl (C=O) groups is 3. The van der Waals surface area contributed by atoms with Gasteiger partial charge in [0.25, 0.3) is 0 Å². The molecule has 0 bridgehead atoms. The second-order valence-electron chi connectivity index (χ2n) is 10.8.